The summed E-state index contributed by atoms with van der Waals surface area (Å²) in [6.45, 7) is 2.73. The SMILES string of the molecule is O=C(N[C@H](N1CCN(c2ccccc2)CC1)C(Cl)(Cl)Cl)c1ccc(F)cc1. The van der Waals surface area contributed by atoms with Crippen LogP contribution in [-0.2, 0) is 0 Å². The molecule has 1 heterocycles. The van der Waals surface area contributed by atoms with E-state index in [0.29, 0.717) is 18.7 Å². The van der Waals surface area contributed by atoms with Crippen LogP contribution in [0.15, 0.2) is 54.6 Å². The van der Waals surface area contributed by atoms with Crippen molar-refractivity contribution in [2.24, 2.45) is 0 Å². The van der Waals surface area contributed by atoms with Gasteiger partial charge >= 0.3 is 0 Å². The molecule has 2 aromatic rings. The molecule has 1 N–H and O–H groups in total. The fourth-order valence-electron chi connectivity index (χ4n) is 3.07. The van der Waals surface area contributed by atoms with E-state index in [9.17, 15) is 9.18 Å². The number of halogens is 4. The Morgan fingerprint density at radius 1 is 0.963 bits per heavy atom. The number of rotatable bonds is 4. The number of alkyl halides is 3. The third-order valence-corrected chi connectivity index (χ3v) is 5.11. The van der Waals surface area contributed by atoms with E-state index in [2.05, 4.69) is 22.3 Å². The average molecular weight is 431 g/mol. The minimum atomic E-state index is -1.70. The molecule has 0 aliphatic carbocycles. The summed E-state index contributed by atoms with van der Waals surface area (Å²) in [5, 5.41) is 2.77. The number of carbonyl (C=O) groups excluding carboxylic acids is 1. The van der Waals surface area contributed by atoms with E-state index in [1.165, 1.54) is 24.3 Å². The van der Waals surface area contributed by atoms with Gasteiger partial charge in [0.2, 0.25) is 3.79 Å². The second-order valence-electron chi connectivity index (χ2n) is 6.28. The highest BCUT2D eigenvalue weighted by molar-refractivity contribution is 6.68. The Hall–Kier alpha value is -1.53. The van der Waals surface area contributed by atoms with Gasteiger partial charge < -0.3 is 10.2 Å². The van der Waals surface area contributed by atoms with Crippen molar-refractivity contribution in [3.63, 3.8) is 0 Å². The molecule has 1 saturated heterocycles. The van der Waals surface area contributed by atoms with Crippen LogP contribution in [-0.4, -0.2) is 46.9 Å². The lowest BCUT2D eigenvalue weighted by Gasteiger charge is -2.42. The van der Waals surface area contributed by atoms with Crippen LogP contribution in [0.3, 0.4) is 0 Å². The minimum Gasteiger partial charge on any atom is -0.369 e. The van der Waals surface area contributed by atoms with E-state index in [1.807, 2.05) is 23.1 Å². The lowest BCUT2D eigenvalue weighted by Crippen LogP contribution is -2.60. The van der Waals surface area contributed by atoms with E-state index in [4.69, 9.17) is 34.8 Å². The van der Waals surface area contributed by atoms with Gasteiger partial charge in [0.05, 0.1) is 0 Å². The minimum absolute atomic E-state index is 0.304. The summed E-state index contributed by atoms with van der Waals surface area (Å²) in [5.41, 5.74) is 1.44. The van der Waals surface area contributed by atoms with Gasteiger partial charge in [-0.3, -0.25) is 9.69 Å². The third kappa shape index (κ3) is 5.26. The highest BCUT2D eigenvalue weighted by Gasteiger charge is 2.39. The molecule has 1 amide bonds. The van der Waals surface area contributed by atoms with Gasteiger partial charge in [-0.1, -0.05) is 53.0 Å². The van der Waals surface area contributed by atoms with Gasteiger partial charge in [0.1, 0.15) is 12.0 Å². The van der Waals surface area contributed by atoms with E-state index in [1.54, 1.807) is 0 Å². The molecule has 0 saturated carbocycles. The number of hydrogen-bond acceptors (Lipinski definition) is 3. The van der Waals surface area contributed by atoms with Gasteiger partial charge in [-0.05, 0) is 36.4 Å². The van der Waals surface area contributed by atoms with E-state index in [-0.39, 0.29) is 0 Å². The highest BCUT2D eigenvalue weighted by atomic mass is 35.6. The van der Waals surface area contributed by atoms with Gasteiger partial charge in [-0.25, -0.2) is 4.39 Å². The summed E-state index contributed by atoms with van der Waals surface area (Å²) in [7, 11) is 0. The van der Waals surface area contributed by atoms with E-state index in [0.717, 1.165) is 18.8 Å². The predicted octanol–water partition coefficient (Wildman–Crippen LogP) is 4.07. The first-order valence-corrected chi connectivity index (χ1v) is 9.65. The molecule has 0 spiro atoms. The molecular formula is C19H19Cl3FN3O. The Labute approximate surface area is 172 Å². The van der Waals surface area contributed by atoms with Crippen molar-refractivity contribution in [1.29, 1.82) is 0 Å². The zero-order valence-electron chi connectivity index (χ0n) is 14.4. The molecule has 3 rings (SSSR count). The monoisotopic (exact) mass is 429 g/mol. The number of carbonyl (C=O) groups is 1. The van der Waals surface area contributed by atoms with Gasteiger partial charge in [-0.2, -0.15) is 0 Å². The Morgan fingerprint density at radius 2 is 1.56 bits per heavy atom. The largest absolute Gasteiger partial charge is 0.369 e. The number of anilines is 1. The first-order chi connectivity index (χ1) is 12.8. The van der Waals surface area contributed by atoms with Gasteiger partial charge in [0, 0.05) is 37.4 Å². The van der Waals surface area contributed by atoms with Gasteiger partial charge in [0.15, 0.2) is 0 Å². The number of amides is 1. The van der Waals surface area contributed by atoms with Gasteiger partial charge in [-0.15, -0.1) is 0 Å². The molecule has 0 bridgehead atoms. The lowest BCUT2D eigenvalue weighted by molar-refractivity contribution is 0.0841. The number of benzene rings is 2. The molecule has 0 radical (unpaired) electrons. The first kappa shape index (κ1) is 20.2. The third-order valence-electron chi connectivity index (χ3n) is 4.49. The van der Waals surface area contributed by atoms with Crippen molar-refractivity contribution in [3.8, 4) is 0 Å². The van der Waals surface area contributed by atoms with Crippen LogP contribution in [0.25, 0.3) is 0 Å². The molecule has 1 aliphatic heterocycles. The summed E-state index contributed by atoms with van der Waals surface area (Å²) >= 11 is 18.4. The van der Waals surface area contributed by atoms with Crippen LogP contribution in [0, 0.1) is 5.82 Å². The number of para-hydroxylation sites is 1. The molecule has 1 atom stereocenters. The molecule has 8 heteroatoms. The van der Waals surface area contributed by atoms with Crippen molar-refractivity contribution in [2.45, 2.75) is 9.96 Å². The lowest BCUT2D eigenvalue weighted by atomic mass is 10.2. The zero-order chi connectivity index (χ0) is 19.4. The predicted molar refractivity (Wildman–Crippen MR) is 108 cm³/mol. The Kier molecular flexibility index (Phi) is 6.48. The van der Waals surface area contributed by atoms with Crippen molar-refractivity contribution in [2.75, 3.05) is 31.1 Å². The fourth-order valence-corrected chi connectivity index (χ4v) is 3.64. The summed E-state index contributed by atoms with van der Waals surface area (Å²) in [5.74, 6) is -0.835. The average Bonchev–Trinajstić information content (AvgIpc) is 2.66. The first-order valence-electron chi connectivity index (χ1n) is 8.52. The summed E-state index contributed by atoms with van der Waals surface area (Å²) in [4.78, 5) is 16.7. The molecule has 2 aromatic carbocycles. The highest BCUT2D eigenvalue weighted by Crippen LogP contribution is 2.33. The van der Waals surface area contributed by atoms with Crippen LogP contribution < -0.4 is 10.2 Å². The maximum atomic E-state index is 13.1. The number of nitrogens with one attached hydrogen (secondary N) is 1. The Balaban J connectivity index is 1.67. The number of nitrogens with zero attached hydrogens (tertiary/aromatic N) is 2. The van der Waals surface area contributed by atoms with Crippen molar-refractivity contribution >= 4 is 46.4 Å². The maximum Gasteiger partial charge on any atom is 0.252 e. The Bertz CT molecular complexity index is 760. The summed E-state index contributed by atoms with van der Waals surface area (Å²) < 4.78 is 11.4. The Morgan fingerprint density at radius 3 is 2.11 bits per heavy atom. The number of piperazine rings is 1. The zero-order valence-corrected chi connectivity index (χ0v) is 16.7. The van der Waals surface area contributed by atoms with Crippen LogP contribution in [0.1, 0.15) is 10.4 Å². The topological polar surface area (TPSA) is 35.6 Å². The van der Waals surface area contributed by atoms with Crippen molar-refractivity contribution in [3.05, 3.63) is 66.0 Å². The van der Waals surface area contributed by atoms with Crippen LogP contribution in [0.2, 0.25) is 0 Å². The van der Waals surface area contributed by atoms with Crippen molar-refractivity contribution < 1.29 is 9.18 Å². The molecule has 1 aliphatic rings. The second-order valence-corrected chi connectivity index (χ2v) is 8.65. The molecule has 4 nitrogen and oxygen atoms in total. The summed E-state index contributed by atoms with van der Waals surface area (Å²) in [6.07, 6.45) is -0.794. The number of hydrogen-bond donors (Lipinski definition) is 1. The van der Waals surface area contributed by atoms with Gasteiger partial charge in [0.25, 0.3) is 5.91 Å². The van der Waals surface area contributed by atoms with Crippen LogP contribution in [0.4, 0.5) is 10.1 Å². The van der Waals surface area contributed by atoms with Crippen molar-refractivity contribution in [1.82, 2.24) is 10.2 Å². The van der Waals surface area contributed by atoms with Crippen LogP contribution >= 0.6 is 34.8 Å². The standard InChI is InChI=1S/C19H19Cl3FN3O/c20-19(21,22)18(24-17(27)14-6-8-15(23)9-7-14)26-12-10-25(11-13-26)16-4-2-1-3-5-16/h1-9,18H,10-13H2,(H,24,27)/t18-/m1/s1. The normalized spacial score (nSPS) is 16.8. The molecule has 144 valence electrons. The van der Waals surface area contributed by atoms with Crippen LogP contribution in [0.5, 0.6) is 0 Å². The molecule has 27 heavy (non-hydrogen) atoms. The molecule has 0 unspecified atom stereocenters. The van der Waals surface area contributed by atoms with E-state index >= 15 is 0 Å². The fraction of sp³-hybridized carbons (Fsp3) is 0.316. The second kappa shape index (κ2) is 8.65. The smallest absolute Gasteiger partial charge is 0.252 e. The molecular weight excluding hydrogens is 412 g/mol. The van der Waals surface area contributed by atoms with E-state index < -0.39 is 21.7 Å². The molecule has 0 aromatic heterocycles. The molecule has 1 fully saturated rings. The maximum absolute atomic E-state index is 13.1. The summed E-state index contributed by atoms with van der Waals surface area (Å²) in [6, 6.07) is 15.3. The quantitative estimate of drug-likeness (QED) is 0.743.